The summed E-state index contributed by atoms with van der Waals surface area (Å²) >= 11 is 0. The quantitative estimate of drug-likeness (QED) is 0.588. The van der Waals surface area contributed by atoms with Crippen molar-refractivity contribution < 1.29 is 9.57 Å². The molecule has 0 radical (unpaired) electrons. The maximum Gasteiger partial charge on any atom is 0.234 e. The van der Waals surface area contributed by atoms with E-state index in [0.717, 1.165) is 12.8 Å². The molecule has 0 N–H and O–H groups in total. The number of nitrogens with zero attached hydrogens (tertiary/aromatic N) is 1. The highest BCUT2D eigenvalue weighted by molar-refractivity contribution is 4.96. The molecule has 0 bridgehead atoms. The van der Waals surface area contributed by atoms with Gasteiger partial charge in [0, 0.05) is 23.3 Å². The molecule has 0 atom stereocenters. The lowest BCUT2D eigenvalue weighted by atomic mass is 10.2. The molecule has 1 heterocycles. The highest BCUT2D eigenvalue weighted by Crippen LogP contribution is 1.94. The maximum absolute atomic E-state index is 5.11. The second-order valence-electron chi connectivity index (χ2n) is 2.45. The zero-order valence-corrected chi connectivity index (χ0v) is 7.08. The normalized spacial score (nSPS) is 9.64. The molecule has 2 heteroatoms. The lowest BCUT2D eigenvalue weighted by Crippen LogP contribution is -2.43. The van der Waals surface area contributed by atoms with Gasteiger partial charge >= 0.3 is 0 Å². The van der Waals surface area contributed by atoms with Gasteiger partial charge in [0.05, 0.1) is 0 Å². The van der Waals surface area contributed by atoms with Gasteiger partial charge in [-0.1, -0.05) is 6.92 Å². The smallest absolute Gasteiger partial charge is 0.234 e. The minimum Gasteiger partial charge on any atom is -0.274 e. The van der Waals surface area contributed by atoms with Crippen molar-refractivity contribution in [1.29, 1.82) is 0 Å². The summed E-state index contributed by atoms with van der Waals surface area (Å²) in [6.07, 6.45) is 4.13. The molecule has 0 spiro atoms. The first-order chi connectivity index (χ1) is 5.38. The molecule has 1 aromatic rings. The van der Waals surface area contributed by atoms with Gasteiger partial charge in [0.1, 0.15) is 7.11 Å². The Hall–Kier alpha value is -1.05. The number of rotatable bonds is 3. The Morgan fingerprint density at radius 2 is 2.27 bits per heavy atom. The summed E-state index contributed by atoms with van der Waals surface area (Å²) in [7, 11) is 1.68. The number of pyridine rings is 1. The van der Waals surface area contributed by atoms with Crippen molar-refractivity contribution in [3.8, 4) is 0 Å². The first kappa shape index (κ1) is 8.05. The van der Waals surface area contributed by atoms with Crippen LogP contribution in [0.2, 0.25) is 0 Å². The summed E-state index contributed by atoms with van der Waals surface area (Å²) in [4.78, 5) is 5.11. The summed E-state index contributed by atoms with van der Waals surface area (Å²) in [6.45, 7) is 2.16. The Morgan fingerprint density at radius 3 is 2.91 bits per heavy atom. The van der Waals surface area contributed by atoms with Gasteiger partial charge < -0.3 is 0 Å². The summed E-state index contributed by atoms with van der Waals surface area (Å²) in [6, 6.07) is 6.07. The number of aryl methyl sites for hydroxylation is 1. The average Bonchev–Trinajstić information content (AvgIpc) is 2.06. The van der Waals surface area contributed by atoms with Gasteiger partial charge in [-0.2, -0.15) is 0 Å². The molecule has 0 unspecified atom stereocenters. The minimum absolute atomic E-state index is 1.06. The van der Waals surface area contributed by atoms with E-state index in [4.69, 9.17) is 4.84 Å². The van der Waals surface area contributed by atoms with Crippen LogP contribution in [0.1, 0.15) is 19.0 Å². The average molecular weight is 152 g/mol. The first-order valence-corrected chi connectivity index (χ1v) is 3.92. The van der Waals surface area contributed by atoms with Crippen molar-refractivity contribution in [3.05, 3.63) is 30.1 Å². The fraction of sp³-hybridized carbons (Fsp3) is 0.444. The third-order valence-electron chi connectivity index (χ3n) is 1.61. The molecule has 0 amide bonds. The van der Waals surface area contributed by atoms with Crippen LogP contribution in [0.5, 0.6) is 0 Å². The fourth-order valence-corrected chi connectivity index (χ4v) is 1.09. The highest BCUT2D eigenvalue weighted by Gasteiger charge is 2.06. The van der Waals surface area contributed by atoms with Crippen LogP contribution in [-0.4, -0.2) is 7.11 Å². The Balaban J connectivity index is 2.83. The van der Waals surface area contributed by atoms with Gasteiger partial charge in [-0.05, 0) is 12.5 Å². The molecule has 0 aliphatic carbocycles. The van der Waals surface area contributed by atoms with E-state index in [1.54, 1.807) is 11.8 Å². The Bertz CT molecular complexity index is 223. The van der Waals surface area contributed by atoms with Crippen molar-refractivity contribution in [2.24, 2.45) is 0 Å². The maximum atomic E-state index is 5.11. The van der Waals surface area contributed by atoms with Crippen LogP contribution < -0.4 is 9.57 Å². The van der Waals surface area contributed by atoms with E-state index in [0.29, 0.717) is 0 Å². The van der Waals surface area contributed by atoms with Crippen LogP contribution in [0.25, 0.3) is 0 Å². The van der Waals surface area contributed by atoms with Crippen molar-refractivity contribution >= 4 is 0 Å². The van der Waals surface area contributed by atoms with Gasteiger partial charge in [0.15, 0.2) is 0 Å². The van der Waals surface area contributed by atoms with Gasteiger partial charge in [0.2, 0.25) is 11.9 Å². The molecule has 60 valence electrons. The summed E-state index contributed by atoms with van der Waals surface area (Å²) < 4.78 is 1.80. The van der Waals surface area contributed by atoms with E-state index >= 15 is 0 Å². The molecular weight excluding hydrogens is 138 g/mol. The number of hydrogen-bond acceptors (Lipinski definition) is 1. The van der Waals surface area contributed by atoms with Crippen LogP contribution in [0.15, 0.2) is 24.4 Å². The van der Waals surface area contributed by atoms with E-state index in [9.17, 15) is 0 Å². The van der Waals surface area contributed by atoms with Crippen molar-refractivity contribution in [3.63, 3.8) is 0 Å². The third kappa shape index (κ3) is 1.93. The predicted octanol–water partition coefficient (Wildman–Crippen LogP) is 0.985. The largest absolute Gasteiger partial charge is 0.274 e. The third-order valence-corrected chi connectivity index (χ3v) is 1.61. The van der Waals surface area contributed by atoms with Gasteiger partial charge in [-0.15, -0.1) is 0 Å². The number of hydrogen-bond donors (Lipinski definition) is 0. The summed E-state index contributed by atoms with van der Waals surface area (Å²) in [5, 5.41) is 0. The molecule has 1 rings (SSSR count). The molecule has 0 saturated heterocycles. The SMILES string of the molecule is CCCc1cccc[n+]1OC. The van der Waals surface area contributed by atoms with Crippen LogP contribution in [0.3, 0.4) is 0 Å². The predicted molar refractivity (Wildman–Crippen MR) is 43.1 cm³/mol. The second kappa shape index (κ2) is 3.96. The number of aromatic nitrogens is 1. The zero-order chi connectivity index (χ0) is 8.10. The molecule has 0 saturated carbocycles. The van der Waals surface area contributed by atoms with E-state index in [2.05, 4.69) is 13.0 Å². The standard InChI is InChI=1S/C9H14NO/c1-3-6-9-7-4-5-8-10(9)11-2/h4-5,7-8H,3,6H2,1-2H3/q+1. The summed E-state index contributed by atoms with van der Waals surface area (Å²) in [5.74, 6) is 0. The van der Waals surface area contributed by atoms with Crippen molar-refractivity contribution in [2.75, 3.05) is 7.11 Å². The van der Waals surface area contributed by atoms with Crippen LogP contribution in [0, 0.1) is 0 Å². The molecular formula is C9H14NO+. The molecule has 11 heavy (non-hydrogen) atoms. The van der Waals surface area contributed by atoms with Gasteiger partial charge in [-0.25, -0.2) is 0 Å². The Labute approximate surface area is 67.4 Å². The summed E-state index contributed by atoms with van der Waals surface area (Å²) in [5.41, 5.74) is 1.22. The minimum atomic E-state index is 1.06. The zero-order valence-electron chi connectivity index (χ0n) is 7.08. The Kier molecular flexibility index (Phi) is 2.90. The van der Waals surface area contributed by atoms with Crippen LogP contribution >= 0.6 is 0 Å². The molecule has 0 aliphatic heterocycles. The fourth-order valence-electron chi connectivity index (χ4n) is 1.09. The van der Waals surface area contributed by atoms with Crippen molar-refractivity contribution in [1.82, 2.24) is 0 Å². The molecule has 0 aliphatic rings. The molecule has 2 nitrogen and oxygen atoms in total. The lowest BCUT2D eigenvalue weighted by Gasteiger charge is -1.96. The van der Waals surface area contributed by atoms with E-state index in [1.807, 2.05) is 18.3 Å². The van der Waals surface area contributed by atoms with Crippen LogP contribution in [0.4, 0.5) is 0 Å². The van der Waals surface area contributed by atoms with Crippen molar-refractivity contribution in [2.45, 2.75) is 19.8 Å². The Morgan fingerprint density at radius 1 is 1.45 bits per heavy atom. The molecule has 0 aromatic carbocycles. The lowest BCUT2D eigenvalue weighted by molar-refractivity contribution is -0.890. The van der Waals surface area contributed by atoms with E-state index in [1.165, 1.54) is 5.69 Å². The first-order valence-electron chi connectivity index (χ1n) is 3.92. The van der Waals surface area contributed by atoms with Crippen LogP contribution in [-0.2, 0) is 6.42 Å². The van der Waals surface area contributed by atoms with Gasteiger partial charge in [-0.3, -0.25) is 4.84 Å². The van der Waals surface area contributed by atoms with Gasteiger partial charge in [0.25, 0.3) is 0 Å². The second-order valence-corrected chi connectivity index (χ2v) is 2.45. The van der Waals surface area contributed by atoms with E-state index in [-0.39, 0.29) is 0 Å². The molecule has 0 fully saturated rings. The monoisotopic (exact) mass is 152 g/mol. The highest BCUT2D eigenvalue weighted by atomic mass is 16.6. The molecule has 1 aromatic heterocycles. The van der Waals surface area contributed by atoms with E-state index < -0.39 is 0 Å². The topological polar surface area (TPSA) is 13.1 Å².